The molecule has 0 aliphatic heterocycles. The number of hydrogen-bond acceptors (Lipinski definition) is 7. The molecule has 33 heavy (non-hydrogen) atoms. The fourth-order valence-electron chi connectivity index (χ4n) is 2.95. The number of nitrogens with zero attached hydrogens (tertiary/aromatic N) is 3. The lowest BCUT2D eigenvalue weighted by atomic mass is 10.2. The number of carbonyl (C=O) groups is 2. The van der Waals surface area contributed by atoms with Gasteiger partial charge in [-0.05, 0) is 48.4 Å². The molecule has 0 bridgehead atoms. The van der Waals surface area contributed by atoms with Crippen molar-refractivity contribution in [2.24, 2.45) is 0 Å². The third-order valence-electron chi connectivity index (χ3n) is 4.73. The second kappa shape index (κ2) is 11.9. The number of ether oxygens (including phenoxy) is 2. The van der Waals surface area contributed by atoms with Gasteiger partial charge in [-0.1, -0.05) is 36.9 Å². The highest BCUT2D eigenvalue weighted by Gasteiger charge is 2.14. The van der Waals surface area contributed by atoms with Gasteiger partial charge in [-0.15, -0.1) is 16.8 Å². The monoisotopic (exact) mass is 466 g/mol. The third-order valence-corrected chi connectivity index (χ3v) is 5.69. The molecule has 172 valence electrons. The number of allylic oxidation sites excluding steroid dienone is 1. The van der Waals surface area contributed by atoms with Crippen LogP contribution in [0, 0.1) is 0 Å². The summed E-state index contributed by atoms with van der Waals surface area (Å²) < 4.78 is 12.4. The molecule has 1 N–H and O–H groups in total. The Balaban J connectivity index is 1.57. The molecule has 0 saturated heterocycles. The van der Waals surface area contributed by atoms with Crippen LogP contribution in [-0.4, -0.2) is 39.5 Å². The lowest BCUT2D eigenvalue weighted by Crippen LogP contribution is -2.15. The van der Waals surface area contributed by atoms with Crippen LogP contribution in [0.2, 0.25) is 0 Å². The first-order valence-corrected chi connectivity index (χ1v) is 11.4. The average Bonchev–Trinajstić information content (AvgIpc) is 3.23. The van der Waals surface area contributed by atoms with E-state index in [1.165, 1.54) is 24.4 Å². The number of hydrogen-bond donors (Lipinski definition) is 1. The Hall–Kier alpha value is -3.59. The van der Waals surface area contributed by atoms with E-state index in [4.69, 9.17) is 4.74 Å². The van der Waals surface area contributed by atoms with Crippen molar-refractivity contribution in [2.45, 2.75) is 31.7 Å². The van der Waals surface area contributed by atoms with E-state index in [1.54, 1.807) is 30.3 Å². The van der Waals surface area contributed by atoms with E-state index in [0.29, 0.717) is 28.8 Å². The number of amides is 1. The van der Waals surface area contributed by atoms with Gasteiger partial charge in [-0.3, -0.25) is 9.36 Å². The molecule has 3 aromatic rings. The second-order valence-corrected chi connectivity index (χ2v) is 7.93. The van der Waals surface area contributed by atoms with Gasteiger partial charge in [-0.2, -0.15) is 0 Å². The maximum absolute atomic E-state index is 12.4. The number of carbonyl (C=O) groups excluding carboxylic acids is 2. The summed E-state index contributed by atoms with van der Waals surface area (Å²) in [4.78, 5) is 23.9. The predicted octanol–water partition coefficient (Wildman–Crippen LogP) is 4.12. The Bertz CT molecular complexity index is 1090. The van der Waals surface area contributed by atoms with Crippen molar-refractivity contribution in [1.82, 2.24) is 14.8 Å². The summed E-state index contributed by atoms with van der Waals surface area (Å²) in [5.74, 6) is 0.923. The van der Waals surface area contributed by atoms with Crippen LogP contribution in [0.15, 0.2) is 66.3 Å². The zero-order valence-electron chi connectivity index (χ0n) is 18.6. The molecule has 0 aliphatic rings. The smallest absolute Gasteiger partial charge is 0.337 e. The fourth-order valence-corrected chi connectivity index (χ4v) is 3.72. The van der Waals surface area contributed by atoms with Gasteiger partial charge in [0.15, 0.2) is 11.0 Å². The summed E-state index contributed by atoms with van der Waals surface area (Å²) in [5.41, 5.74) is 2.25. The summed E-state index contributed by atoms with van der Waals surface area (Å²) >= 11 is 1.27. The SMILES string of the molecule is C=CCn1c(COc2ccc(CC)cc2)nnc1SCC(=O)Nc1ccc(C(=O)OC)cc1. The molecule has 8 nitrogen and oxygen atoms in total. The van der Waals surface area contributed by atoms with Crippen LogP contribution in [0.3, 0.4) is 0 Å². The normalized spacial score (nSPS) is 10.5. The van der Waals surface area contributed by atoms with Gasteiger partial charge in [-0.25, -0.2) is 4.79 Å². The maximum Gasteiger partial charge on any atom is 0.337 e. The number of benzene rings is 2. The van der Waals surface area contributed by atoms with Crippen molar-refractivity contribution in [2.75, 3.05) is 18.2 Å². The van der Waals surface area contributed by atoms with Gasteiger partial charge in [0, 0.05) is 12.2 Å². The van der Waals surface area contributed by atoms with Crippen molar-refractivity contribution in [1.29, 1.82) is 0 Å². The highest BCUT2D eigenvalue weighted by atomic mass is 32.2. The van der Waals surface area contributed by atoms with E-state index in [0.717, 1.165) is 12.2 Å². The van der Waals surface area contributed by atoms with Gasteiger partial charge in [0.2, 0.25) is 5.91 Å². The molecule has 0 spiro atoms. The van der Waals surface area contributed by atoms with Crippen molar-refractivity contribution < 1.29 is 19.1 Å². The van der Waals surface area contributed by atoms with Gasteiger partial charge in [0.05, 0.1) is 18.4 Å². The van der Waals surface area contributed by atoms with E-state index in [2.05, 4.69) is 33.8 Å². The third kappa shape index (κ3) is 6.69. The minimum absolute atomic E-state index is 0.146. The van der Waals surface area contributed by atoms with Gasteiger partial charge < -0.3 is 14.8 Å². The van der Waals surface area contributed by atoms with E-state index in [9.17, 15) is 9.59 Å². The number of nitrogens with one attached hydrogen (secondary N) is 1. The van der Waals surface area contributed by atoms with Crippen LogP contribution < -0.4 is 10.1 Å². The Morgan fingerprint density at radius 2 is 1.85 bits per heavy atom. The number of thioether (sulfide) groups is 1. The molecule has 0 aliphatic carbocycles. The highest BCUT2D eigenvalue weighted by Crippen LogP contribution is 2.20. The fraction of sp³-hybridized carbons (Fsp3) is 0.250. The molecule has 3 rings (SSSR count). The minimum atomic E-state index is -0.428. The van der Waals surface area contributed by atoms with Crippen LogP contribution in [-0.2, 0) is 29.1 Å². The largest absolute Gasteiger partial charge is 0.486 e. The standard InChI is InChI=1S/C24H26N4O4S/c1-4-14-28-21(15-32-20-12-6-17(5-2)7-13-20)26-27-24(28)33-16-22(29)25-19-10-8-18(9-11-19)23(30)31-3/h4,6-13H,1,5,14-16H2,2-3H3,(H,25,29). The quantitative estimate of drug-likeness (QED) is 0.258. The molecular weight excluding hydrogens is 440 g/mol. The van der Waals surface area contributed by atoms with Gasteiger partial charge in [0.25, 0.3) is 0 Å². The number of rotatable bonds is 11. The van der Waals surface area contributed by atoms with E-state index >= 15 is 0 Å². The van der Waals surface area contributed by atoms with Crippen LogP contribution in [0.5, 0.6) is 5.75 Å². The number of aryl methyl sites for hydroxylation is 1. The first kappa shape index (κ1) is 24.1. The van der Waals surface area contributed by atoms with Crippen LogP contribution in [0.25, 0.3) is 0 Å². The molecule has 0 unspecified atom stereocenters. The maximum atomic E-state index is 12.4. The van der Waals surface area contributed by atoms with Crippen molar-refractivity contribution in [3.05, 3.63) is 78.1 Å². The van der Waals surface area contributed by atoms with Crippen molar-refractivity contribution >= 4 is 29.3 Å². The molecule has 0 radical (unpaired) electrons. The number of esters is 1. The molecule has 2 aromatic carbocycles. The summed E-state index contributed by atoms with van der Waals surface area (Å²) in [6.45, 7) is 6.65. The Kier molecular flexibility index (Phi) is 8.65. The average molecular weight is 467 g/mol. The molecule has 0 saturated carbocycles. The predicted molar refractivity (Wildman–Crippen MR) is 128 cm³/mol. The zero-order chi connectivity index (χ0) is 23.6. The van der Waals surface area contributed by atoms with Crippen molar-refractivity contribution in [3.8, 4) is 5.75 Å². The Morgan fingerprint density at radius 1 is 1.12 bits per heavy atom. The van der Waals surface area contributed by atoms with Gasteiger partial charge >= 0.3 is 5.97 Å². The molecule has 0 atom stereocenters. The first-order chi connectivity index (χ1) is 16.0. The number of anilines is 1. The van der Waals surface area contributed by atoms with E-state index in [1.807, 2.05) is 28.8 Å². The molecule has 1 amide bonds. The van der Waals surface area contributed by atoms with Gasteiger partial charge in [0.1, 0.15) is 12.4 Å². The zero-order valence-corrected chi connectivity index (χ0v) is 19.4. The molecule has 9 heteroatoms. The van der Waals surface area contributed by atoms with Crippen LogP contribution >= 0.6 is 11.8 Å². The summed E-state index contributed by atoms with van der Waals surface area (Å²) in [7, 11) is 1.32. The van der Waals surface area contributed by atoms with E-state index in [-0.39, 0.29) is 18.3 Å². The topological polar surface area (TPSA) is 95.3 Å². The summed E-state index contributed by atoms with van der Waals surface area (Å²) in [5, 5.41) is 11.8. The van der Waals surface area contributed by atoms with Crippen molar-refractivity contribution in [3.63, 3.8) is 0 Å². The molecule has 0 fully saturated rings. The number of aromatic nitrogens is 3. The molecule has 1 heterocycles. The lowest BCUT2D eigenvalue weighted by Gasteiger charge is -2.10. The van der Waals surface area contributed by atoms with E-state index < -0.39 is 5.97 Å². The summed E-state index contributed by atoms with van der Waals surface area (Å²) in [6.07, 6.45) is 2.72. The number of methoxy groups -OCH3 is 1. The van der Waals surface area contributed by atoms with Crippen LogP contribution in [0.4, 0.5) is 5.69 Å². The highest BCUT2D eigenvalue weighted by molar-refractivity contribution is 7.99. The lowest BCUT2D eigenvalue weighted by molar-refractivity contribution is -0.113. The Labute approximate surface area is 197 Å². The minimum Gasteiger partial charge on any atom is -0.486 e. The molecule has 1 aromatic heterocycles. The molecular formula is C24H26N4O4S. The summed E-state index contributed by atoms with van der Waals surface area (Å²) in [6, 6.07) is 14.4. The first-order valence-electron chi connectivity index (χ1n) is 10.4. The van der Waals surface area contributed by atoms with Crippen LogP contribution in [0.1, 0.15) is 28.7 Å². The second-order valence-electron chi connectivity index (χ2n) is 6.99. The Morgan fingerprint density at radius 3 is 2.48 bits per heavy atom.